The standard InChI is InChI=1S/C20H21F3N4O5/c1-31-14(28)6-5-13(19(29)32-2)26-20(30)27-8-7-12-17(25-9-24-12)18(27)10-3-4-11(21)16(23)15(10)22/h3-4,9,13,18H,5-8H2,1-2H3,(H,24,25)(H,26,30)/t13-,18+/m0/s1. The highest BCUT2D eigenvalue weighted by Gasteiger charge is 2.38. The molecule has 2 heterocycles. The van der Waals surface area contributed by atoms with Gasteiger partial charge in [0.15, 0.2) is 17.5 Å². The number of amides is 2. The molecule has 2 atom stereocenters. The third-order valence-electron chi connectivity index (χ3n) is 5.19. The number of carbonyl (C=O) groups is 3. The number of nitrogens with zero attached hydrogens (tertiary/aromatic N) is 2. The van der Waals surface area contributed by atoms with Gasteiger partial charge in [-0.05, 0) is 12.5 Å². The lowest BCUT2D eigenvalue weighted by Crippen LogP contribution is -2.51. The number of urea groups is 1. The van der Waals surface area contributed by atoms with E-state index in [9.17, 15) is 27.6 Å². The van der Waals surface area contributed by atoms with Crippen LogP contribution < -0.4 is 5.32 Å². The van der Waals surface area contributed by atoms with Crippen LogP contribution in [0.2, 0.25) is 0 Å². The van der Waals surface area contributed by atoms with E-state index in [1.54, 1.807) is 0 Å². The van der Waals surface area contributed by atoms with Crippen molar-refractivity contribution in [3.8, 4) is 0 Å². The molecule has 2 amide bonds. The highest BCUT2D eigenvalue weighted by Crippen LogP contribution is 2.35. The van der Waals surface area contributed by atoms with Crippen molar-refractivity contribution in [1.82, 2.24) is 20.2 Å². The number of carbonyl (C=O) groups excluding carboxylic acids is 3. The van der Waals surface area contributed by atoms with Crippen LogP contribution in [-0.2, 0) is 25.5 Å². The van der Waals surface area contributed by atoms with E-state index in [0.29, 0.717) is 12.1 Å². The minimum atomic E-state index is -1.67. The zero-order valence-corrected chi connectivity index (χ0v) is 17.3. The van der Waals surface area contributed by atoms with E-state index in [1.165, 1.54) is 13.4 Å². The van der Waals surface area contributed by atoms with E-state index in [0.717, 1.165) is 24.1 Å². The summed E-state index contributed by atoms with van der Waals surface area (Å²) in [5.74, 6) is -5.87. The van der Waals surface area contributed by atoms with Crippen LogP contribution in [-0.4, -0.2) is 59.6 Å². The van der Waals surface area contributed by atoms with Crippen molar-refractivity contribution < 1.29 is 37.0 Å². The number of esters is 2. The summed E-state index contributed by atoms with van der Waals surface area (Å²) >= 11 is 0. The van der Waals surface area contributed by atoms with Crippen molar-refractivity contribution in [2.75, 3.05) is 20.8 Å². The van der Waals surface area contributed by atoms with Crippen LogP contribution in [0.1, 0.15) is 35.8 Å². The number of H-pyrrole nitrogens is 1. The summed E-state index contributed by atoms with van der Waals surface area (Å²) < 4.78 is 51.3. The van der Waals surface area contributed by atoms with Crippen molar-refractivity contribution in [2.24, 2.45) is 0 Å². The number of hydrogen-bond acceptors (Lipinski definition) is 6. The maximum atomic E-state index is 14.6. The second-order valence-electron chi connectivity index (χ2n) is 7.02. The van der Waals surface area contributed by atoms with Crippen molar-refractivity contribution in [2.45, 2.75) is 31.3 Å². The van der Waals surface area contributed by atoms with Gasteiger partial charge in [0.1, 0.15) is 12.1 Å². The Balaban J connectivity index is 1.92. The summed E-state index contributed by atoms with van der Waals surface area (Å²) in [4.78, 5) is 44.8. The molecule has 1 aromatic carbocycles. The molecule has 0 saturated heterocycles. The Morgan fingerprint density at radius 3 is 2.66 bits per heavy atom. The van der Waals surface area contributed by atoms with Gasteiger partial charge in [0.05, 0.1) is 26.2 Å². The number of rotatable bonds is 6. The van der Waals surface area contributed by atoms with Crippen LogP contribution in [0.3, 0.4) is 0 Å². The van der Waals surface area contributed by atoms with Crippen molar-refractivity contribution >= 4 is 18.0 Å². The molecule has 0 saturated carbocycles. The van der Waals surface area contributed by atoms with E-state index in [2.05, 4.69) is 24.8 Å². The molecular formula is C20H21F3N4O5. The third kappa shape index (κ3) is 4.53. The van der Waals surface area contributed by atoms with E-state index >= 15 is 0 Å². The van der Waals surface area contributed by atoms with Crippen LogP contribution in [0.5, 0.6) is 0 Å². The van der Waals surface area contributed by atoms with E-state index in [-0.39, 0.29) is 30.6 Å². The fourth-order valence-corrected chi connectivity index (χ4v) is 3.55. The van der Waals surface area contributed by atoms with Crippen LogP contribution >= 0.6 is 0 Å². The summed E-state index contributed by atoms with van der Waals surface area (Å²) in [5.41, 5.74) is 0.579. The lowest BCUT2D eigenvalue weighted by atomic mass is 9.95. The molecular weight excluding hydrogens is 433 g/mol. The highest BCUT2D eigenvalue weighted by atomic mass is 19.2. The Morgan fingerprint density at radius 1 is 1.22 bits per heavy atom. The van der Waals surface area contributed by atoms with Gasteiger partial charge in [0.2, 0.25) is 0 Å². The predicted molar refractivity (Wildman–Crippen MR) is 103 cm³/mol. The smallest absolute Gasteiger partial charge is 0.328 e. The largest absolute Gasteiger partial charge is 0.469 e. The molecule has 2 N–H and O–H groups in total. The summed E-state index contributed by atoms with van der Waals surface area (Å²) in [5, 5.41) is 2.46. The molecule has 3 rings (SSSR count). The average Bonchev–Trinajstić information content (AvgIpc) is 3.28. The lowest BCUT2D eigenvalue weighted by molar-refractivity contribution is -0.144. The molecule has 9 nitrogen and oxygen atoms in total. The van der Waals surface area contributed by atoms with Gasteiger partial charge in [-0.3, -0.25) is 4.79 Å². The van der Waals surface area contributed by atoms with Crippen molar-refractivity contribution in [3.63, 3.8) is 0 Å². The zero-order chi connectivity index (χ0) is 23.4. The summed E-state index contributed by atoms with van der Waals surface area (Å²) in [7, 11) is 2.31. The number of hydrogen-bond donors (Lipinski definition) is 2. The summed E-state index contributed by atoms with van der Waals surface area (Å²) in [6.07, 6.45) is 1.41. The molecule has 2 aromatic rings. The third-order valence-corrected chi connectivity index (χ3v) is 5.19. The Kier molecular flexibility index (Phi) is 7.01. The Bertz CT molecular complexity index is 1030. The Morgan fingerprint density at radius 2 is 1.97 bits per heavy atom. The number of imidazole rings is 1. The fraction of sp³-hybridized carbons (Fsp3) is 0.400. The molecule has 32 heavy (non-hydrogen) atoms. The highest BCUT2D eigenvalue weighted by molar-refractivity contribution is 5.84. The molecule has 0 spiro atoms. The van der Waals surface area contributed by atoms with Gasteiger partial charge < -0.3 is 24.7 Å². The summed E-state index contributed by atoms with van der Waals surface area (Å²) in [6.45, 7) is 0.0645. The number of benzene rings is 1. The first-order valence-corrected chi connectivity index (χ1v) is 9.65. The molecule has 0 bridgehead atoms. The van der Waals surface area contributed by atoms with Gasteiger partial charge in [-0.1, -0.05) is 6.07 Å². The topological polar surface area (TPSA) is 114 Å². The van der Waals surface area contributed by atoms with E-state index in [4.69, 9.17) is 0 Å². The fourth-order valence-electron chi connectivity index (χ4n) is 3.55. The van der Waals surface area contributed by atoms with Gasteiger partial charge in [0.25, 0.3) is 0 Å². The van der Waals surface area contributed by atoms with Crippen molar-refractivity contribution in [1.29, 1.82) is 0 Å². The average molecular weight is 454 g/mol. The first-order chi connectivity index (χ1) is 15.3. The van der Waals surface area contributed by atoms with Gasteiger partial charge in [-0.2, -0.15) is 0 Å². The van der Waals surface area contributed by atoms with Gasteiger partial charge in [0, 0.05) is 30.6 Å². The van der Waals surface area contributed by atoms with Crippen LogP contribution in [0.4, 0.5) is 18.0 Å². The monoisotopic (exact) mass is 454 g/mol. The molecule has 0 unspecified atom stereocenters. The number of methoxy groups -OCH3 is 2. The Labute approximate surface area is 180 Å². The normalized spacial score (nSPS) is 16.2. The molecule has 0 fully saturated rings. The number of ether oxygens (including phenoxy) is 2. The first-order valence-electron chi connectivity index (χ1n) is 9.65. The van der Waals surface area contributed by atoms with Crippen LogP contribution in [0, 0.1) is 17.5 Å². The Hall–Kier alpha value is -3.57. The number of halogens is 3. The maximum Gasteiger partial charge on any atom is 0.328 e. The molecule has 12 heteroatoms. The molecule has 1 aromatic heterocycles. The maximum absolute atomic E-state index is 14.6. The minimum Gasteiger partial charge on any atom is -0.469 e. The van der Waals surface area contributed by atoms with Gasteiger partial charge in [-0.25, -0.2) is 27.7 Å². The van der Waals surface area contributed by atoms with E-state index < -0.39 is 47.5 Å². The first kappa shape index (κ1) is 23.1. The lowest BCUT2D eigenvalue weighted by Gasteiger charge is -2.36. The number of aromatic amines is 1. The van der Waals surface area contributed by atoms with Crippen LogP contribution in [0.15, 0.2) is 18.5 Å². The number of nitrogens with one attached hydrogen (secondary N) is 2. The summed E-state index contributed by atoms with van der Waals surface area (Å²) in [6, 6.07) is -1.37. The second kappa shape index (κ2) is 9.71. The number of fused-ring (bicyclic) bond motifs is 1. The molecule has 0 aliphatic carbocycles. The zero-order valence-electron chi connectivity index (χ0n) is 17.3. The SMILES string of the molecule is COC(=O)CC[C@H](NC(=O)N1CCc2[nH]cnc2[C@H]1c1ccc(F)c(F)c1F)C(=O)OC. The van der Waals surface area contributed by atoms with Crippen LogP contribution in [0.25, 0.3) is 0 Å². The van der Waals surface area contributed by atoms with Gasteiger partial charge >= 0.3 is 18.0 Å². The molecule has 1 aliphatic rings. The molecule has 1 aliphatic heterocycles. The predicted octanol–water partition coefficient (Wildman–Crippen LogP) is 1.98. The molecule has 172 valence electrons. The molecule has 0 radical (unpaired) electrons. The van der Waals surface area contributed by atoms with E-state index in [1.807, 2.05) is 0 Å². The number of aromatic nitrogens is 2. The minimum absolute atomic E-state index is 0.0645. The van der Waals surface area contributed by atoms with Gasteiger partial charge in [-0.15, -0.1) is 0 Å². The quantitative estimate of drug-likeness (QED) is 0.510. The second-order valence-corrected chi connectivity index (χ2v) is 7.02. The van der Waals surface area contributed by atoms with Crippen molar-refractivity contribution in [3.05, 3.63) is 52.9 Å².